The molecule has 12 heavy (non-hydrogen) atoms. The van der Waals surface area contributed by atoms with Gasteiger partial charge in [0, 0.05) is 17.9 Å². The Morgan fingerprint density at radius 1 is 1.25 bits per heavy atom. The van der Waals surface area contributed by atoms with Crippen LogP contribution in [0.4, 0.5) is 0 Å². The van der Waals surface area contributed by atoms with Crippen LogP contribution in [0.25, 0.3) is 0 Å². The Bertz CT molecular complexity index is 259. The Morgan fingerprint density at radius 3 is 2.42 bits per heavy atom. The fraction of sp³-hybridized carbons (Fsp3) is 0.429. The van der Waals surface area contributed by atoms with E-state index in [1.807, 2.05) is 6.92 Å². The van der Waals surface area contributed by atoms with E-state index in [0.717, 1.165) is 11.3 Å². The zero-order chi connectivity index (χ0) is 8.39. The minimum Gasteiger partial charge on any atom is -0.405 e. The third-order valence-electron chi connectivity index (χ3n) is 1.69. The molecule has 2 rings (SSSR count). The fourth-order valence-electron chi connectivity index (χ4n) is 1.08. The summed E-state index contributed by atoms with van der Waals surface area (Å²) in [5.74, 6) is 0.761. The van der Waals surface area contributed by atoms with Crippen LogP contribution in [0.2, 0.25) is 0 Å². The third kappa shape index (κ3) is 1.46. The molecule has 0 spiro atoms. The maximum Gasteiger partial charge on any atom is 0.497 e. The summed E-state index contributed by atoms with van der Waals surface area (Å²) in [5, 5.41) is 0. The summed E-state index contributed by atoms with van der Waals surface area (Å²) < 4.78 is 10.6. The van der Waals surface area contributed by atoms with Crippen molar-refractivity contribution in [1.82, 2.24) is 9.97 Å². The molecule has 1 aromatic heterocycles. The molecule has 1 aliphatic rings. The molecule has 1 saturated heterocycles. The summed E-state index contributed by atoms with van der Waals surface area (Å²) in [7, 11) is -0.259. The van der Waals surface area contributed by atoms with Gasteiger partial charge in [-0.3, -0.25) is 0 Å². The Balaban J connectivity index is 2.17. The van der Waals surface area contributed by atoms with Gasteiger partial charge in [0.1, 0.15) is 5.82 Å². The van der Waals surface area contributed by atoms with Gasteiger partial charge in [-0.25, -0.2) is 9.97 Å². The highest BCUT2D eigenvalue weighted by molar-refractivity contribution is 6.61. The lowest BCUT2D eigenvalue weighted by atomic mass is 9.82. The molecule has 2 heterocycles. The molecule has 1 aromatic rings. The van der Waals surface area contributed by atoms with Crippen LogP contribution in [0.1, 0.15) is 5.82 Å². The van der Waals surface area contributed by atoms with Crippen molar-refractivity contribution in [3.05, 3.63) is 18.2 Å². The highest BCUT2D eigenvalue weighted by Gasteiger charge is 2.26. The summed E-state index contributed by atoms with van der Waals surface area (Å²) >= 11 is 0. The lowest BCUT2D eigenvalue weighted by Crippen LogP contribution is -2.32. The van der Waals surface area contributed by atoms with Gasteiger partial charge >= 0.3 is 7.12 Å². The lowest BCUT2D eigenvalue weighted by molar-refractivity contribution is 0.365. The quantitative estimate of drug-likeness (QED) is 0.526. The molecule has 0 atom stereocenters. The minimum atomic E-state index is -0.259. The highest BCUT2D eigenvalue weighted by atomic mass is 16.6. The molecule has 4 nitrogen and oxygen atoms in total. The largest absolute Gasteiger partial charge is 0.497 e. The molecule has 5 heteroatoms. The summed E-state index contributed by atoms with van der Waals surface area (Å²) in [6.45, 7) is 3.15. The van der Waals surface area contributed by atoms with Gasteiger partial charge in [0.25, 0.3) is 0 Å². The van der Waals surface area contributed by atoms with Gasteiger partial charge in [-0.1, -0.05) is 0 Å². The van der Waals surface area contributed by atoms with Crippen LogP contribution >= 0.6 is 0 Å². The van der Waals surface area contributed by atoms with E-state index in [1.165, 1.54) is 0 Å². The van der Waals surface area contributed by atoms with E-state index in [0.29, 0.717) is 13.2 Å². The van der Waals surface area contributed by atoms with E-state index >= 15 is 0 Å². The molecule has 0 aromatic carbocycles. The smallest absolute Gasteiger partial charge is 0.405 e. The average molecular weight is 164 g/mol. The SMILES string of the molecule is Cc1ncc(B2OCCO2)cn1. The van der Waals surface area contributed by atoms with Crippen molar-refractivity contribution in [1.29, 1.82) is 0 Å². The first kappa shape index (κ1) is 7.70. The van der Waals surface area contributed by atoms with Gasteiger partial charge in [0.05, 0.1) is 13.2 Å². The van der Waals surface area contributed by atoms with E-state index in [9.17, 15) is 0 Å². The van der Waals surface area contributed by atoms with Crippen molar-refractivity contribution < 1.29 is 9.31 Å². The summed E-state index contributed by atoms with van der Waals surface area (Å²) in [4.78, 5) is 8.11. The maximum absolute atomic E-state index is 5.28. The van der Waals surface area contributed by atoms with E-state index in [4.69, 9.17) is 9.31 Å². The van der Waals surface area contributed by atoms with Crippen LogP contribution in [-0.4, -0.2) is 30.3 Å². The first-order chi connectivity index (χ1) is 5.86. The minimum absolute atomic E-state index is 0.259. The van der Waals surface area contributed by atoms with Crippen LogP contribution < -0.4 is 5.46 Å². The number of hydrogen-bond donors (Lipinski definition) is 0. The zero-order valence-electron chi connectivity index (χ0n) is 6.86. The number of aryl methyl sites for hydroxylation is 1. The van der Waals surface area contributed by atoms with Gasteiger partial charge in [-0.05, 0) is 6.92 Å². The second-order valence-electron chi connectivity index (χ2n) is 2.64. The molecule has 0 saturated carbocycles. The molecule has 1 fully saturated rings. The number of rotatable bonds is 1. The molecule has 0 aliphatic carbocycles. The van der Waals surface area contributed by atoms with Crippen molar-refractivity contribution in [2.24, 2.45) is 0 Å². The Labute approximate surface area is 71.1 Å². The Hall–Kier alpha value is -0.935. The molecule has 0 unspecified atom stereocenters. The van der Waals surface area contributed by atoms with Crippen LogP contribution in [0, 0.1) is 6.92 Å². The van der Waals surface area contributed by atoms with Crippen molar-refractivity contribution in [2.45, 2.75) is 6.92 Å². The lowest BCUT2D eigenvalue weighted by Gasteiger charge is -2.01. The van der Waals surface area contributed by atoms with Crippen molar-refractivity contribution in [3.63, 3.8) is 0 Å². The molecule has 1 aliphatic heterocycles. The van der Waals surface area contributed by atoms with E-state index in [1.54, 1.807) is 12.4 Å². The van der Waals surface area contributed by atoms with Crippen LogP contribution in [-0.2, 0) is 9.31 Å². The summed E-state index contributed by atoms with van der Waals surface area (Å²) in [5.41, 5.74) is 0.887. The molecule has 0 N–H and O–H groups in total. The first-order valence-electron chi connectivity index (χ1n) is 3.88. The normalized spacial score (nSPS) is 16.9. The molecule has 62 valence electrons. The standard InChI is InChI=1S/C7H9BN2O2/c1-6-9-4-7(5-10-6)8-11-2-3-12-8/h4-5H,2-3H2,1H3. The predicted octanol–water partition coefficient (Wildman–Crippen LogP) is -0.473. The molecular formula is C7H9BN2O2. The number of nitrogens with zero attached hydrogens (tertiary/aromatic N) is 2. The highest BCUT2D eigenvalue weighted by Crippen LogP contribution is 1.98. The maximum atomic E-state index is 5.28. The average Bonchev–Trinajstić information content (AvgIpc) is 2.58. The second kappa shape index (κ2) is 3.20. The van der Waals surface area contributed by atoms with Gasteiger partial charge in [0.2, 0.25) is 0 Å². The zero-order valence-corrected chi connectivity index (χ0v) is 6.86. The van der Waals surface area contributed by atoms with Crippen LogP contribution in [0.15, 0.2) is 12.4 Å². The molecule has 0 amide bonds. The van der Waals surface area contributed by atoms with Crippen molar-refractivity contribution in [2.75, 3.05) is 13.2 Å². The summed E-state index contributed by atoms with van der Waals surface area (Å²) in [6.07, 6.45) is 3.47. The van der Waals surface area contributed by atoms with Crippen molar-refractivity contribution in [3.8, 4) is 0 Å². The predicted molar refractivity (Wildman–Crippen MR) is 44.1 cm³/mol. The third-order valence-corrected chi connectivity index (χ3v) is 1.69. The fourth-order valence-corrected chi connectivity index (χ4v) is 1.08. The monoisotopic (exact) mass is 164 g/mol. The number of aromatic nitrogens is 2. The first-order valence-corrected chi connectivity index (χ1v) is 3.88. The molecule has 0 bridgehead atoms. The number of hydrogen-bond acceptors (Lipinski definition) is 4. The molecule has 0 radical (unpaired) electrons. The van der Waals surface area contributed by atoms with Gasteiger partial charge in [-0.2, -0.15) is 0 Å². The Morgan fingerprint density at radius 2 is 1.83 bits per heavy atom. The van der Waals surface area contributed by atoms with Crippen LogP contribution in [0.3, 0.4) is 0 Å². The van der Waals surface area contributed by atoms with E-state index in [2.05, 4.69) is 9.97 Å². The van der Waals surface area contributed by atoms with Gasteiger partial charge in [-0.15, -0.1) is 0 Å². The second-order valence-corrected chi connectivity index (χ2v) is 2.64. The Kier molecular flexibility index (Phi) is 2.06. The molecular weight excluding hydrogens is 155 g/mol. The van der Waals surface area contributed by atoms with Crippen LogP contribution in [0.5, 0.6) is 0 Å². The topological polar surface area (TPSA) is 44.2 Å². The van der Waals surface area contributed by atoms with Gasteiger partial charge in [0.15, 0.2) is 0 Å². The summed E-state index contributed by atoms with van der Waals surface area (Å²) in [6, 6.07) is 0. The van der Waals surface area contributed by atoms with E-state index in [-0.39, 0.29) is 7.12 Å². The van der Waals surface area contributed by atoms with Crippen molar-refractivity contribution >= 4 is 12.6 Å². The van der Waals surface area contributed by atoms with E-state index < -0.39 is 0 Å². The van der Waals surface area contributed by atoms with Gasteiger partial charge < -0.3 is 9.31 Å².